The molecule has 0 aromatic heterocycles. The summed E-state index contributed by atoms with van der Waals surface area (Å²) in [5.74, 6) is -3.45. The van der Waals surface area contributed by atoms with Gasteiger partial charge in [-0.3, -0.25) is 4.79 Å². The second-order valence-electron chi connectivity index (χ2n) is 2.83. The molecule has 0 radical (unpaired) electrons. The maximum absolute atomic E-state index is 10.9. The van der Waals surface area contributed by atoms with Crippen LogP contribution in [0, 0.1) is 0 Å². The van der Waals surface area contributed by atoms with Crippen LogP contribution in [0.2, 0.25) is 0 Å². The average Bonchev–Trinajstić information content (AvgIpc) is 2.23. The third-order valence-electron chi connectivity index (χ3n) is 1.70. The second kappa shape index (κ2) is 5.73. The molecule has 0 aliphatic carbocycles. The van der Waals surface area contributed by atoms with Gasteiger partial charge in [0.2, 0.25) is 11.9 Å². The van der Waals surface area contributed by atoms with E-state index in [0.717, 1.165) is 0 Å². The fourth-order valence-corrected chi connectivity index (χ4v) is 0.770. The lowest BCUT2D eigenvalue weighted by atomic mass is 10.0. The van der Waals surface area contributed by atoms with Crippen molar-refractivity contribution in [3.8, 4) is 0 Å². The van der Waals surface area contributed by atoms with Gasteiger partial charge < -0.3 is 30.6 Å². The summed E-state index contributed by atoms with van der Waals surface area (Å²) in [7, 11) is 0. The maximum atomic E-state index is 10.9. The van der Waals surface area contributed by atoms with E-state index < -0.39 is 42.8 Å². The van der Waals surface area contributed by atoms with Crippen LogP contribution in [-0.2, 0) is 9.59 Å². The molecule has 0 aliphatic heterocycles. The molecule has 0 saturated heterocycles. The Kier molecular flexibility index (Phi) is 5.33. The van der Waals surface area contributed by atoms with Gasteiger partial charge in [-0.25, -0.2) is 4.79 Å². The number of aliphatic hydroxyl groups excluding tert-OH is 5. The van der Waals surface area contributed by atoms with Gasteiger partial charge in [-0.2, -0.15) is 0 Å². The SMILES string of the molecule is O=C(O)[C@@H](O)C(=O)[C@@H](O)[C@@H](O)[C@@H](O)CO. The lowest BCUT2D eigenvalue weighted by Gasteiger charge is -2.21. The zero-order chi connectivity index (χ0) is 12.2. The first kappa shape index (κ1) is 13.9. The van der Waals surface area contributed by atoms with Gasteiger partial charge in [-0.05, 0) is 0 Å². The van der Waals surface area contributed by atoms with Gasteiger partial charge in [0.1, 0.15) is 18.3 Å². The normalized spacial score (nSPS) is 19.0. The zero-order valence-electron chi connectivity index (χ0n) is 7.52. The molecule has 0 aromatic rings. The highest BCUT2D eigenvalue weighted by Crippen LogP contribution is 2.04. The van der Waals surface area contributed by atoms with Crippen molar-refractivity contribution >= 4 is 11.8 Å². The highest BCUT2D eigenvalue weighted by Gasteiger charge is 2.36. The van der Waals surface area contributed by atoms with Crippen LogP contribution in [-0.4, -0.2) is 73.4 Å². The van der Waals surface area contributed by atoms with Gasteiger partial charge in [0.15, 0.2) is 0 Å². The molecule has 0 rings (SSSR count). The zero-order valence-corrected chi connectivity index (χ0v) is 7.52. The van der Waals surface area contributed by atoms with Gasteiger partial charge in [0.05, 0.1) is 6.61 Å². The average molecular weight is 224 g/mol. The van der Waals surface area contributed by atoms with Crippen molar-refractivity contribution in [2.24, 2.45) is 0 Å². The largest absolute Gasteiger partial charge is 0.479 e. The van der Waals surface area contributed by atoms with Crippen LogP contribution in [0.5, 0.6) is 0 Å². The Balaban J connectivity index is 4.50. The number of carboxylic acid groups (broad SMARTS) is 1. The van der Waals surface area contributed by atoms with Gasteiger partial charge in [-0.1, -0.05) is 0 Å². The first-order valence-corrected chi connectivity index (χ1v) is 3.92. The van der Waals surface area contributed by atoms with E-state index >= 15 is 0 Å². The Morgan fingerprint density at radius 3 is 1.87 bits per heavy atom. The maximum Gasteiger partial charge on any atom is 0.340 e. The summed E-state index contributed by atoms with van der Waals surface area (Å²) in [4.78, 5) is 21.0. The smallest absolute Gasteiger partial charge is 0.340 e. The topological polar surface area (TPSA) is 156 Å². The first-order chi connectivity index (χ1) is 6.82. The number of hydrogen-bond acceptors (Lipinski definition) is 7. The summed E-state index contributed by atoms with van der Waals surface area (Å²) in [6, 6.07) is 0. The van der Waals surface area contributed by atoms with E-state index in [9.17, 15) is 9.59 Å². The fourth-order valence-electron chi connectivity index (χ4n) is 0.770. The summed E-state index contributed by atoms with van der Waals surface area (Å²) >= 11 is 0. The van der Waals surface area contributed by atoms with Gasteiger partial charge in [-0.15, -0.1) is 0 Å². The quantitative estimate of drug-likeness (QED) is 0.250. The van der Waals surface area contributed by atoms with Crippen molar-refractivity contribution in [1.29, 1.82) is 0 Å². The summed E-state index contributed by atoms with van der Waals surface area (Å²) in [6.07, 6.45) is -8.62. The van der Waals surface area contributed by atoms with Crippen molar-refractivity contribution in [2.75, 3.05) is 6.61 Å². The van der Waals surface area contributed by atoms with Crippen LogP contribution in [0.15, 0.2) is 0 Å². The van der Waals surface area contributed by atoms with Gasteiger partial charge in [0, 0.05) is 0 Å². The number of hydrogen-bond donors (Lipinski definition) is 6. The second-order valence-corrected chi connectivity index (χ2v) is 2.83. The summed E-state index contributed by atoms with van der Waals surface area (Å²) in [5.41, 5.74) is 0. The molecule has 15 heavy (non-hydrogen) atoms. The number of carbonyl (C=O) groups is 2. The molecule has 0 fully saturated rings. The minimum Gasteiger partial charge on any atom is -0.479 e. The molecule has 0 bridgehead atoms. The van der Waals surface area contributed by atoms with Crippen molar-refractivity contribution < 1.29 is 40.2 Å². The van der Waals surface area contributed by atoms with Crippen molar-refractivity contribution in [3.05, 3.63) is 0 Å². The Bertz CT molecular complexity index is 239. The third kappa shape index (κ3) is 3.53. The molecule has 0 saturated carbocycles. The minimum absolute atomic E-state index is 0.922. The van der Waals surface area contributed by atoms with Crippen LogP contribution in [0.25, 0.3) is 0 Å². The molecule has 0 amide bonds. The Morgan fingerprint density at radius 2 is 1.53 bits per heavy atom. The molecule has 0 heterocycles. The molecular formula is C7H12O8. The predicted octanol–water partition coefficient (Wildman–Crippen LogP) is -3.92. The number of carboxylic acids is 1. The van der Waals surface area contributed by atoms with Crippen LogP contribution in [0.1, 0.15) is 0 Å². The monoisotopic (exact) mass is 224 g/mol. The molecule has 0 aliphatic rings. The van der Waals surface area contributed by atoms with Crippen molar-refractivity contribution in [3.63, 3.8) is 0 Å². The molecular weight excluding hydrogens is 212 g/mol. The molecule has 4 atom stereocenters. The summed E-state index contributed by atoms with van der Waals surface area (Å²) in [5, 5.41) is 52.1. The first-order valence-electron chi connectivity index (χ1n) is 3.92. The number of ketones is 1. The number of Topliss-reactive ketones (excluding diaryl/α,β-unsaturated/α-hetero) is 1. The molecule has 6 N–H and O–H groups in total. The van der Waals surface area contributed by atoms with E-state index in [1.165, 1.54) is 0 Å². The van der Waals surface area contributed by atoms with Crippen LogP contribution >= 0.6 is 0 Å². The van der Waals surface area contributed by atoms with E-state index in [-0.39, 0.29) is 0 Å². The lowest BCUT2D eigenvalue weighted by molar-refractivity contribution is -0.161. The van der Waals surface area contributed by atoms with Crippen LogP contribution < -0.4 is 0 Å². The summed E-state index contributed by atoms with van der Waals surface area (Å²) in [6.45, 7) is -0.922. The van der Waals surface area contributed by atoms with E-state index in [1.54, 1.807) is 0 Å². The Hall–Kier alpha value is -1.06. The number of aliphatic hydroxyl groups is 5. The van der Waals surface area contributed by atoms with Gasteiger partial charge >= 0.3 is 5.97 Å². The van der Waals surface area contributed by atoms with E-state index in [2.05, 4.69) is 0 Å². The van der Waals surface area contributed by atoms with E-state index in [0.29, 0.717) is 0 Å². The van der Waals surface area contributed by atoms with E-state index in [1.807, 2.05) is 0 Å². The standard InChI is InChI=1S/C7H12O8/c8-1-2(9)3(10)4(11)5(12)6(13)7(14)15/h2-4,6,8-11,13H,1H2,(H,14,15)/t2-,3-,4-,6-/m0/s1. The number of rotatable bonds is 6. The van der Waals surface area contributed by atoms with Crippen LogP contribution in [0.4, 0.5) is 0 Å². The fraction of sp³-hybridized carbons (Fsp3) is 0.714. The van der Waals surface area contributed by atoms with Crippen LogP contribution in [0.3, 0.4) is 0 Å². The number of aliphatic carboxylic acids is 1. The van der Waals surface area contributed by atoms with Crippen molar-refractivity contribution in [1.82, 2.24) is 0 Å². The van der Waals surface area contributed by atoms with Gasteiger partial charge in [0.25, 0.3) is 0 Å². The molecule has 8 nitrogen and oxygen atoms in total. The minimum atomic E-state index is -2.49. The highest BCUT2D eigenvalue weighted by atomic mass is 16.4. The predicted molar refractivity (Wildman–Crippen MR) is 43.8 cm³/mol. The molecule has 8 heteroatoms. The summed E-state index contributed by atoms with van der Waals surface area (Å²) < 4.78 is 0. The molecule has 0 spiro atoms. The Labute approximate surface area is 84.0 Å². The Morgan fingerprint density at radius 1 is 1.07 bits per heavy atom. The molecule has 88 valence electrons. The van der Waals surface area contributed by atoms with E-state index in [4.69, 9.17) is 30.6 Å². The van der Waals surface area contributed by atoms with Crippen molar-refractivity contribution in [2.45, 2.75) is 24.4 Å². The molecule has 0 aromatic carbocycles. The highest BCUT2D eigenvalue weighted by molar-refractivity contribution is 6.03. The molecule has 0 unspecified atom stereocenters. The lowest BCUT2D eigenvalue weighted by Crippen LogP contribution is -2.49. The third-order valence-corrected chi connectivity index (χ3v) is 1.70. The number of carbonyl (C=O) groups excluding carboxylic acids is 1.